The predicted molar refractivity (Wildman–Crippen MR) is 95.1 cm³/mol. The molecule has 1 aromatic carbocycles. The fourth-order valence-electron chi connectivity index (χ4n) is 3.56. The van der Waals surface area contributed by atoms with E-state index >= 15 is 0 Å². The number of sulfonamides is 1. The lowest BCUT2D eigenvalue weighted by Gasteiger charge is -2.19. The second-order valence-corrected chi connectivity index (χ2v) is 8.24. The second-order valence-electron chi connectivity index (χ2n) is 6.38. The van der Waals surface area contributed by atoms with Crippen molar-refractivity contribution < 1.29 is 27.8 Å². The zero-order valence-corrected chi connectivity index (χ0v) is 14.8. The van der Waals surface area contributed by atoms with Crippen LogP contribution in [0, 0.1) is 0 Å². The van der Waals surface area contributed by atoms with E-state index in [1.54, 1.807) is 24.4 Å². The maximum Gasteiger partial charge on any atom is 0.318 e. The van der Waals surface area contributed by atoms with Gasteiger partial charge in [0, 0.05) is 23.8 Å². The lowest BCUT2D eigenvalue weighted by atomic mass is 9.91. The van der Waals surface area contributed by atoms with Crippen molar-refractivity contribution in [2.24, 2.45) is 4.99 Å². The number of rotatable bonds is 4. The van der Waals surface area contributed by atoms with Gasteiger partial charge in [-0.05, 0) is 35.4 Å². The molecule has 1 aliphatic carbocycles. The summed E-state index contributed by atoms with van der Waals surface area (Å²) in [6, 6.07) is 3.66. The summed E-state index contributed by atoms with van der Waals surface area (Å²) in [4.78, 5) is 15.3. The standard InChI is InChI=1S/C18H15FN2O5S/c19-11-2-3-12-14(7-20-15(12)6-11)10-1-4-17-13(5-10)16(9-22)21(8-18(23)24)27(17,25)26/h1-5,7,16,22H,6,8-9H2,(H,23,24). The van der Waals surface area contributed by atoms with Gasteiger partial charge in [0.1, 0.15) is 12.4 Å². The van der Waals surface area contributed by atoms with Crippen molar-refractivity contribution in [1.29, 1.82) is 0 Å². The van der Waals surface area contributed by atoms with Crippen LogP contribution in [-0.4, -0.2) is 47.8 Å². The van der Waals surface area contributed by atoms with Crippen molar-refractivity contribution in [2.45, 2.75) is 17.4 Å². The summed E-state index contributed by atoms with van der Waals surface area (Å²) < 4.78 is 39.5. The maximum absolute atomic E-state index is 13.4. The van der Waals surface area contributed by atoms with E-state index in [4.69, 9.17) is 5.11 Å². The molecule has 0 spiro atoms. The topological polar surface area (TPSA) is 107 Å². The van der Waals surface area contributed by atoms with E-state index in [-0.39, 0.29) is 17.1 Å². The van der Waals surface area contributed by atoms with Crippen LogP contribution < -0.4 is 0 Å². The van der Waals surface area contributed by atoms with Crippen LogP contribution in [0.4, 0.5) is 4.39 Å². The number of aliphatic imine (C=N–C) groups is 1. The van der Waals surface area contributed by atoms with Crippen molar-refractivity contribution in [3.8, 4) is 0 Å². The minimum atomic E-state index is -4.00. The van der Waals surface area contributed by atoms with E-state index < -0.39 is 35.2 Å². The number of aliphatic hydroxyl groups is 1. The molecular formula is C18H15FN2O5S. The van der Waals surface area contributed by atoms with Crippen molar-refractivity contribution in [3.63, 3.8) is 0 Å². The van der Waals surface area contributed by atoms with Crippen molar-refractivity contribution in [3.05, 3.63) is 59.1 Å². The van der Waals surface area contributed by atoms with Crippen LogP contribution in [-0.2, 0) is 14.8 Å². The zero-order valence-electron chi connectivity index (χ0n) is 14.0. The van der Waals surface area contributed by atoms with Gasteiger partial charge in [0.05, 0.1) is 23.3 Å². The predicted octanol–water partition coefficient (Wildman–Crippen LogP) is 1.79. The Morgan fingerprint density at radius 2 is 2.07 bits per heavy atom. The first kappa shape index (κ1) is 17.8. The van der Waals surface area contributed by atoms with Gasteiger partial charge in [-0.1, -0.05) is 6.07 Å². The van der Waals surface area contributed by atoms with E-state index in [1.807, 2.05) is 0 Å². The highest BCUT2D eigenvalue weighted by Gasteiger charge is 2.43. The molecule has 0 radical (unpaired) electrons. The highest BCUT2D eigenvalue weighted by atomic mass is 32.2. The van der Waals surface area contributed by atoms with Crippen molar-refractivity contribution >= 4 is 27.3 Å². The molecule has 2 N–H and O–H groups in total. The third-order valence-corrected chi connectivity index (χ3v) is 6.72. The Hall–Kier alpha value is -2.62. The third-order valence-electron chi connectivity index (χ3n) is 4.80. The normalized spacial score (nSPS) is 23.1. The van der Waals surface area contributed by atoms with Gasteiger partial charge in [0.2, 0.25) is 10.0 Å². The number of nitrogens with zero attached hydrogens (tertiary/aromatic N) is 2. The van der Waals surface area contributed by atoms with Crippen molar-refractivity contribution in [1.82, 2.24) is 4.31 Å². The van der Waals surface area contributed by atoms with Gasteiger partial charge in [-0.25, -0.2) is 12.8 Å². The number of fused-ring (bicyclic) bond motifs is 2. The van der Waals surface area contributed by atoms with E-state index in [2.05, 4.69) is 4.99 Å². The number of halogens is 1. The molecule has 0 bridgehead atoms. The Balaban J connectivity index is 1.77. The molecule has 0 aromatic heterocycles. The number of hydrogen-bond donors (Lipinski definition) is 2. The lowest BCUT2D eigenvalue weighted by Crippen LogP contribution is -2.34. The van der Waals surface area contributed by atoms with Crippen molar-refractivity contribution in [2.75, 3.05) is 13.2 Å². The zero-order chi connectivity index (χ0) is 19.3. The maximum atomic E-state index is 13.4. The average molecular weight is 390 g/mol. The minimum absolute atomic E-state index is 0.0187. The number of aliphatic hydroxyl groups excluding tert-OH is 1. The Labute approximate surface area is 154 Å². The molecule has 0 saturated carbocycles. The number of carboxylic acid groups (broad SMARTS) is 1. The molecule has 0 fully saturated rings. The van der Waals surface area contributed by atoms with Gasteiger partial charge >= 0.3 is 5.97 Å². The first-order chi connectivity index (χ1) is 12.8. The SMILES string of the molecule is O=C(O)CN1C(CO)c2cc(C3=CN=C4CC(F)=CC=C34)ccc2S1(=O)=O. The third kappa shape index (κ3) is 2.75. The van der Waals surface area contributed by atoms with Gasteiger partial charge in [-0.3, -0.25) is 9.79 Å². The number of carboxylic acids is 1. The summed E-state index contributed by atoms with van der Waals surface area (Å²) in [6.07, 6.45) is 4.70. The molecule has 2 heterocycles. The number of hydrogen-bond acceptors (Lipinski definition) is 5. The molecule has 2 aliphatic heterocycles. The molecule has 1 aromatic rings. The van der Waals surface area contributed by atoms with Crippen LogP contribution in [0.25, 0.3) is 5.57 Å². The minimum Gasteiger partial charge on any atom is -0.480 e. The monoisotopic (exact) mass is 390 g/mol. The van der Waals surface area contributed by atoms with Gasteiger partial charge in [0.15, 0.2) is 0 Å². The summed E-state index contributed by atoms with van der Waals surface area (Å²) in [7, 11) is -4.00. The summed E-state index contributed by atoms with van der Waals surface area (Å²) in [5.41, 5.74) is 3.09. The summed E-state index contributed by atoms with van der Waals surface area (Å²) >= 11 is 0. The van der Waals surface area contributed by atoms with E-state index in [9.17, 15) is 22.7 Å². The van der Waals surface area contributed by atoms with Crippen LogP contribution in [0.3, 0.4) is 0 Å². The van der Waals surface area contributed by atoms with Gasteiger partial charge in [-0.15, -0.1) is 0 Å². The first-order valence-electron chi connectivity index (χ1n) is 8.15. The fourth-order valence-corrected chi connectivity index (χ4v) is 5.35. The lowest BCUT2D eigenvalue weighted by molar-refractivity contribution is -0.137. The van der Waals surface area contributed by atoms with Crippen LogP contribution in [0.1, 0.15) is 23.6 Å². The molecule has 1 atom stereocenters. The molecule has 27 heavy (non-hydrogen) atoms. The highest BCUT2D eigenvalue weighted by molar-refractivity contribution is 7.89. The molecule has 4 rings (SSSR count). The Morgan fingerprint density at radius 3 is 2.78 bits per heavy atom. The summed E-state index contributed by atoms with van der Waals surface area (Å²) in [6.45, 7) is -1.27. The molecule has 140 valence electrons. The van der Waals surface area contributed by atoms with Crippen LogP contribution >= 0.6 is 0 Å². The quantitative estimate of drug-likeness (QED) is 0.815. The van der Waals surface area contributed by atoms with Gasteiger partial charge in [-0.2, -0.15) is 4.31 Å². The highest BCUT2D eigenvalue weighted by Crippen LogP contribution is 2.42. The van der Waals surface area contributed by atoms with Crippen LogP contribution in [0.2, 0.25) is 0 Å². The largest absolute Gasteiger partial charge is 0.480 e. The average Bonchev–Trinajstić information content (AvgIpc) is 3.11. The Kier molecular flexibility index (Phi) is 4.10. The molecule has 9 heteroatoms. The fraction of sp³-hybridized carbons (Fsp3) is 0.222. The number of carbonyl (C=O) groups is 1. The van der Waals surface area contributed by atoms with E-state index in [1.165, 1.54) is 12.1 Å². The number of allylic oxidation sites excluding steroid dienone is 5. The molecule has 0 amide bonds. The molecule has 3 aliphatic rings. The molecule has 0 saturated heterocycles. The number of benzene rings is 1. The van der Waals surface area contributed by atoms with Crippen LogP contribution in [0.5, 0.6) is 0 Å². The van der Waals surface area contributed by atoms with Crippen LogP contribution in [0.15, 0.2) is 57.8 Å². The number of aliphatic carboxylic acids is 1. The van der Waals surface area contributed by atoms with E-state index in [0.717, 1.165) is 15.5 Å². The van der Waals surface area contributed by atoms with Gasteiger partial charge in [0.25, 0.3) is 0 Å². The summed E-state index contributed by atoms with van der Waals surface area (Å²) in [5.74, 6) is -1.58. The van der Waals surface area contributed by atoms with Gasteiger partial charge < -0.3 is 10.2 Å². The first-order valence-corrected chi connectivity index (χ1v) is 9.59. The van der Waals surface area contributed by atoms with E-state index in [0.29, 0.717) is 16.8 Å². The molecular weight excluding hydrogens is 375 g/mol. The Morgan fingerprint density at radius 1 is 1.30 bits per heavy atom. The molecule has 7 nitrogen and oxygen atoms in total. The smallest absolute Gasteiger partial charge is 0.318 e. The summed E-state index contributed by atoms with van der Waals surface area (Å²) in [5, 5.41) is 18.7. The Bertz CT molecular complexity index is 1080. The molecule has 1 unspecified atom stereocenters. The second kappa shape index (κ2) is 6.22.